The van der Waals surface area contributed by atoms with E-state index >= 15 is 0 Å². The van der Waals surface area contributed by atoms with Crippen LogP contribution in [-0.4, -0.2) is 58.4 Å². The van der Waals surface area contributed by atoms with Crippen molar-refractivity contribution in [3.63, 3.8) is 0 Å². The largest absolute Gasteiger partial charge is 0.477 e. The first-order valence-electron chi connectivity index (χ1n) is 5.19. The Balaban J connectivity index is 5.78. The second-order valence-corrected chi connectivity index (χ2v) is 4.03. The van der Waals surface area contributed by atoms with Crippen LogP contribution in [-0.2, 0) is 19.1 Å². The number of ether oxygens (including phenoxy) is 2. The predicted molar refractivity (Wildman–Crippen MR) is 47.1 cm³/mol. The fourth-order valence-corrected chi connectivity index (χ4v) is 0.818. The molecule has 0 aromatic carbocycles. The lowest BCUT2D eigenvalue weighted by atomic mass is 10.3. The summed E-state index contributed by atoms with van der Waals surface area (Å²) in [7, 11) is 0. The second kappa shape index (κ2) is 6.32. The topological polar surface area (TPSA) is 93.1 Å². The van der Waals surface area contributed by atoms with Gasteiger partial charge in [0.1, 0.15) is 0 Å². The number of alkyl halides is 12. The van der Waals surface area contributed by atoms with Gasteiger partial charge in [-0.25, -0.2) is 19.1 Å². The number of halogens is 12. The summed E-state index contributed by atoms with van der Waals surface area (Å²) in [5.74, 6) is -21.0. The molecule has 2 N–H and O–H groups in total. The average Bonchev–Trinajstić information content (AvgIpc) is 2.34. The van der Waals surface area contributed by atoms with Crippen LogP contribution in [0.2, 0.25) is 0 Å². The van der Waals surface area contributed by atoms with Crippen molar-refractivity contribution in [1.82, 2.24) is 0 Å². The molecule has 0 heterocycles. The van der Waals surface area contributed by atoms with E-state index in [2.05, 4.69) is 0 Å². The minimum Gasteiger partial charge on any atom is -0.477 e. The fourth-order valence-electron chi connectivity index (χ4n) is 0.818. The van der Waals surface area contributed by atoms with Crippen molar-refractivity contribution in [2.45, 2.75) is 36.3 Å². The van der Waals surface area contributed by atoms with Crippen molar-refractivity contribution in [3.8, 4) is 0 Å². The Morgan fingerprint density at radius 2 is 0.692 bits per heavy atom. The van der Waals surface area contributed by atoms with E-state index in [0.717, 1.165) is 0 Å². The third-order valence-corrected chi connectivity index (χ3v) is 2.12. The Morgan fingerprint density at radius 1 is 0.500 bits per heavy atom. The van der Waals surface area contributed by atoms with E-state index in [9.17, 15) is 62.3 Å². The normalized spacial score (nSPS) is 15.1. The molecule has 0 aromatic heterocycles. The van der Waals surface area contributed by atoms with Gasteiger partial charge in [-0.15, -0.1) is 0 Å². The van der Waals surface area contributed by atoms with E-state index < -0.39 is 48.2 Å². The van der Waals surface area contributed by atoms with Gasteiger partial charge in [0.05, 0.1) is 0 Å². The smallest absolute Gasteiger partial charge is 0.453 e. The molecule has 0 unspecified atom stereocenters. The first-order chi connectivity index (χ1) is 11.1. The van der Waals surface area contributed by atoms with Crippen molar-refractivity contribution >= 4 is 11.9 Å². The molecular formula is C8H2F12O6. The molecule has 0 fully saturated rings. The monoisotopic (exact) mass is 422 g/mol. The van der Waals surface area contributed by atoms with Crippen LogP contribution in [0.1, 0.15) is 0 Å². The molecule has 18 heteroatoms. The number of hydrogen-bond acceptors (Lipinski definition) is 4. The molecule has 0 aromatic rings. The number of carboxylic acid groups (broad SMARTS) is 2. The molecule has 0 aliphatic rings. The van der Waals surface area contributed by atoms with E-state index in [4.69, 9.17) is 10.2 Å². The zero-order chi connectivity index (χ0) is 21.6. The Labute approximate surface area is 131 Å². The Hall–Kier alpha value is -1.98. The SMILES string of the molecule is O=C(O)C(F)(F)C(F)(F)OC(F)(F)C(F)(F)OC(F)(F)C(F)(F)C(=O)O. The zero-order valence-corrected chi connectivity index (χ0v) is 11.1. The van der Waals surface area contributed by atoms with Gasteiger partial charge in [0.2, 0.25) is 0 Å². The molecule has 6 nitrogen and oxygen atoms in total. The molecule has 0 spiro atoms. The van der Waals surface area contributed by atoms with E-state index in [0.29, 0.717) is 0 Å². The maximum atomic E-state index is 12.8. The van der Waals surface area contributed by atoms with Gasteiger partial charge < -0.3 is 10.2 Å². The maximum absolute atomic E-state index is 12.8. The first-order valence-corrected chi connectivity index (χ1v) is 5.19. The number of carbonyl (C=O) groups is 2. The summed E-state index contributed by atoms with van der Waals surface area (Å²) >= 11 is 0. The molecule has 0 atom stereocenters. The molecule has 0 saturated carbocycles. The molecule has 0 aliphatic heterocycles. The van der Waals surface area contributed by atoms with E-state index in [1.165, 1.54) is 9.47 Å². The Morgan fingerprint density at radius 3 is 0.846 bits per heavy atom. The van der Waals surface area contributed by atoms with Crippen molar-refractivity contribution in [1.29, 1.82) is 0 Å². The van der Waals surface area contributed by atoms with Crippen LogP contribution in [0.3, 0.4) is 0 Å². The highest BCUT2D eigenvalue weighted by Crippen LogP contribution is 2.49. The summed E-state index contributed by atoms with van der Waals surface area (Å²) in [5, 5.41) is 15.3. The lowest BCUT2D eigenvalue weighted by Gasteiger charge is -2.33. The summed E-state index contributed by atoms with van der Waals surface area (Å²) in [6.07, 6.45) is -28.5. The van der Waals surface area contributed by atoms with Crippen molar-refractivity contribution < 1.29 is 82.0 Å². The maximum Gasteiger partial charge on any atom is 0.453 e. The van der Waals surface area contributed by atoms with Crippen molar-refractivity contribution in [3.05, 3.63) is 0 Å². The molecular weight excluding hydrogens is 420 g/mol. The number of hydrogen-bond donors (Lipinski definition) is 2. The van der Waals surface area contributed by atoms with Crippen LogP contribution in [0.5, 0.6) is 0 Å². The second-order valence-electron chi connectivity index (χ2n) is 4.03. The van der Waals surface area contributed by atoms with Gasteiger partial charge in [-0.1, -0.05) is 0 Å². The summed E-state index contributed by atoms with van der Waals surface area (Å²) in [6, 6.07) is 0. The van der Waals surface area contributed by atoms with Crippen LogP contribution >= 0.6 is 0 Å². The molecule has 0 radical (unpaired) electrons. The molecule has 0 saturated heterocycles. The van der Waals surface area contributed by atoms with Crippen LogP contribution in [0.4, 0.5) is 52.7 Å². The van der Waals surface area contributed by atoms with Crippen molar-refractivity contribution in [2.24, 2.45) is 0 Å². The van der Waals surface area contributed by atoms with Gasteiger partial charge in [0.25, 0.3) is 0 Å². The average molecular weight is 422 g/mol. The standard InChI is InChI=1S/C8H2F12O6/c9-3(10,1(21)22)5(13,14)25-7(17,18)8(19,20)26-6(15,16)4(11,12)2(23)24/h(H,21,22)(H,23,24). The summed E-state index contributed by atoms with van der Waals surface area (Å²) in [6.45, 7) is 0. The van der Waals surface area contributed by atoms with Crippen LogP contribution in [0.15, 0.2) is 0 Å². The molecule has 26 heavy (non-hydrogen) atoms. The summed E-state index contributed by atoms with van der Waals surface area (Å²) in [5.41, 5.74) is 0. The molecule has 0 rings (SSSR count). The molecule has 0 aliphatic carbocycles. The van der Waals surface area contributed by atoms with E-state index in [1.54, 1.807) is 0 Å². The van der Waals surface area contributed by atoms with E-state index in [-0.39, 0.29) is 0 Å². The quantitative estimate of drug-likeness (QED) is 0.556. The highest BCUT2D eigenvalue weighted by Gasteiger charge is 2.77. The fraction of sp³-hybridized carbons (Fsp3) is 0.750. The third-order valence-electron chi connectivity index (χ3n) is 2.12. The molecule has 0 bridgehead atoms. The highest BCUT2D eigenvalue weighted by molar-refractivity contribution is 5.76. The Kier molecular flexibility index (Phi) is 5.84. The molecule has 0 amide bonds. The third kappa shape index (κ3) is 4.05. The summed E-state index contributed by atoms with van der Waals surface area (Å²) in [4.78, 5) is 19.6. The van der Waals surface area contributed by atoms with Gasteiger partial charge in [-0.3, -0.25) is 0 Å². The van der Waals surface area contributed by atoms with Crippen molar-refractivity contribution in [2.75, 3.05) is 0 Å². The van der Waals surface area contributed by atoms with Gasteiger partial charge in [0, 0.05) is 0 Å². The minimum absolute atomic E-state index is 1.54. The lowest BCUT2D eigenvalue weighted by molar-refractivity contribution is -0.535. The van der Waals surface area contributed by atoms with Crippen LogP contribution in [0.25, 0.3) is 0 Å². The predicted octanol–water partition coefficient (Wildman–Crippen LogP) is 2.83. The number of carboxylic acids is 2. The van der Waals surface area contributed by atoms with E-state index in [1.807, 2.05) is 0 Å². The molecule has 154 valence electrons. The number of rotatable bonds is 9. The minimum atomic E-state index is -7.27. The van der Waals surface area contributed by atoms with Gasteiger partial charge in [-0.2, -0.15) is 52.7 Å². The van der Waals surface area contributed by atoms with Crippen LogP contribution < -0.4 is 0 Å². The van der Waals surface area contributed by atoms with Gasteiger partial charge in [0.15, 0.2) is 0 Å². The van der Waals surface area contributed by atoms with Crippen LogP contribution in [0, 0.1) is 0 Å². The number of aliphatic carboxylic acids is 2. The zero-order valence-electron chi connectivity index (χ0n) is 11.1. The van der Waals surface area contributed by atoms with Gasteiger partial charge >= 0.3 is 48.2 Å². The highest BCUT2D eigenvalue weighted by atomic mass is 19.4. The first kappa shape index (κ1) is 24.0. The summed E-state index contributed by atoms with van der Waals surface area (Å²) < 4.78 is 154. The lowest BCUT2D eigenvalue weighted by Crippen LogP contribution is -2.60. The Bertz CT molecular complexity index is 522. The van der Waals surface area contributed by atoms with Gasteiger partial charge in [-0.05, 0) is 0 Å².